The van der Waals surface area contributed by atoms with Gasteiger partial charge < -0.3 is 20.3 Å². The van der Waals surface area contributed by atoms with E-state index >= 15 is 0 Å². The highest BCUT2D eigenvalue weighted by molar-refractivity contribution is 6.08. The minimum Gasteiger partial charge on any atom is -0.489 e. The highest BCUT2D eigenvalue weighted by Gasteiger charge is 2.14. The second-order valence-electron chi connectivity index (χ2n) is 7.18. The summed E-state index contributed by atoms with van der Waals surface area (Å²) >= 11 is 0. The predicted octanol–water partition coefficient (Wildman–Crippen LogP) is 4.04. The van der Waals surface area contributed by atoms with E-state index in [2.05, 4.69) is 15.5 Å². The van der Waals surface area contributed by atoms with E-state index in [1.165, 1.54) is 12.8 Å². The molecule has 1 saturated heterocycles. The Balaban J connectivity index is 1.52. The number of nitrogens with one attached hydrogen (secondary N) is 2. The second-order valence-corrected chi connectivity index (χ2v) is 7.18. The largest absolute Gasteiger partial charge is 0.489 e. The first-order valence-electron chi connectivity index (χ1n) is 9.71. The normalized spacial score (nSPS) is 13.5. The molecule has 0 spiro atoms. The van der Waals surface area contributed by atoms with Crippen molar-refractivity contribution < 1.29 is 14.3 Å². The molecule has 2 aromatic rings. The van der Waals surface area contributed by atoms with Gasteiger partial charge in [0.25, 0.3) is 0 Å². The Morgan fingerprint density at radius 3 is 2.29 bits per heavy atom. The van der Waals surface area contributed by atoms with Gasteiger partial charge in [-0.2, -0.15) is 0 Å². The van der Waals surface area contributed by atoms with Gasteiger partial charge in [0.2, 0.25) is 11.8 Å². The fourth-order valence-electron chi connectivity index (χ4n) is 3.20. The topological polar surface area (TPSA) is 70.7 Å². The van der Waals surface area contributed by atoms with Crippen LogP contribution >= 0.6 is 0 Å². The molecule has 1 fully saturated rings. The van der Waals surface area contributed by atoms with Gasteiger partial charge in [0.1, 0.15) is 12.2 Å². The average molecular weight is 381 g/mol. The summed E-state index contributed by atoms with van der Waals surface area (Å²) in [6, 6.07) is 14.9. The van der Waals surface area contributed by atoms with E-state index < -0.39 is 0 Å². The van der Waals surface area contributed by atoms with Crippen LogP contribution in [-0.2, 0) is 9.59 Å². The van der Waals surface area contributed by atoms with Crippen LogP contribution < -0.4 is 20.3 Å². The minimum absolute atomic E-state index is 0.00937. The van der Waals surface area contributed by atoms with E-state index in [0.29, 0.717) is 17.1 Å². The van der Waals surface area contributed by atoms with Crippen molar-refractivity contribution >= 4 is 28.9 Å². The van der Waals surface area contributed by atoms with Crippen molar-refractivity contribution in [3.8, 4) is 5.75 Å². The summed E-state index contributed by atoms with van der Waals surface area (Å²) in [4.78, 5) is 26.8. The number of amides is 2. The number of hydrogen-bond donors (Lipinski definition) is 2. The lowest BCUT2D eigenvalue weighted by molar-refractivity contribution is -0.123. The molecule has 6 nitrogen and oxygen atoms in total. The zero-order chi connectivity index (χ0) is 19.9. The van der Waals surface area contributed by atoms with Crippen molar-refractivity contribution in [1.29, 1.82) is 0 Å². The first-order valence-corrected chi connectivity index (χ1v) is 9.71. The number of anilines is 3. The number of carbonyl (C=O) groups is 2. The summed E-state index contributed by atoms with van der Waals surface area (Å²) in [7, 11) is 0. The Bertz CT molecular complexity index is 812. The zero-order valence-electron chi connectivity index (χ0n) is 16.4. The molecule has 28 heavy (non-hydrogen) atoms. The molecule has 148 valence electrons. The lowest BCUT2D eigenvalue weighted by Crippen LogP contribution is -2.22. The van der Waals surface area contributed by atoms with Gasteiger partial charge in [-0.05, 0) is 63.1 Å². The molecule has 0 radical (unpaired) electrons. The van der Waals surface area contributed by atoms with E-state index in [-0.39, 0.29) is 24.3 Å². The Morgan fingerprint density at radius 1 is 0.964 bits per heavy atom. The van der Waals surface area contributed by atoms with Crippen LogP contribution in [0.2, 0.25) is 0 Å². The minimum atomic E-state index is -0.383. The fraction of sp³-hybridized carbons (Fsp3) is 0.364. The highest BCUT2D eigenvalue weighted by atomic mass is 16.5. The Kier molecular flexibility index (Phi) is 6.53. The van der Waals surface area contributed by atoms with Crippen molar-refractivity contribution in [2.24, 2.45) is 0 Å². The molecule has 0 saturated carbocycles. The van der Waals surface area contributed by atoms with Crippen LogP contribution in [0.4, 0.5) is 17.1 Å². The van der Waals surface area contributed by atoms with Gasteiger partial charge in [0.05, 0.1) is 11.8 Å². The van der Waals surface area contributed by atoms with Crippen LogP contribution in [-0.4, -0.2) is 31.0 Å². The third-order valence-electron chi connectivity index (χ3n) is 4.47. The molecule has 0 bridgehead atoms. The second kappa shape index (κ2) is 9.26. The number of nitrogens with zero attached hydrogens (tertiary/aromatic N) is 1. The van der Waals surface area contributed by atoms with Gasteiger partial charge >= 0.3 is 0 Å². The molecule has 1 heterocycles. The van der Waals surface area contributed by atoms with Gasteiger partial charge in [-0.15, -0.1) is 0 Å². The van der Waals surface area contributed by atoms with Crippen molar-refractivity contribution in [1.82, 2.24) is 0 Å². The molecular weight excluding hydrogens is 354 g/mol. The van der Waals surface area contributed by atoms with E-state index in [9.17, 15) is 9.59 Å². The molecule has 6 heteroatoms. The summed E-state index contributed by atoms with van der Waals surface area (Å²) in [5, 5.41) is 5.52. The SMILES string of the molecule is CC(C)Oc1ccccc1NC(=O)CC(=O)Nc1ccc(N2CCCC2)cc1. The molecule has 2 N–H and O–H groups in total. The van der Waals surface area contributed by atoms with Gasteiger partial charge in [-0.1, -0.05) is 12.1 Å². The monoisotopic (exact) mass is 381 g/mol. The number of rotatable bonds is 7. The van der Waals surface area contributed by atoms with Crippen molar-refractivity contribution in [3.05, 3.63) is 48.5 Å². The molecule has 1 aliphatic heterocycles. The van der Waals surface area contributed by atoms with E-state index in [1.54, 1.807) is 12.1 Å². The summed E-state index contributed by atoms with van der Waals surface area (Å²) in [5.74, 6) is -0.150. The molecule has 3 rings (SSSR count). The first kappa shape index (κ1) is 19.7. The number of carbonyl (C=O) groups excluding carboxylic acids is 2. The maximum atomic E-state index is 12.2. The number of ether oxygens (including phenoxy) is 1. The molecular formula is C22H27N3O3. The zero-order valence-corrected chi connectivity index (χ0v) is 16.4. The van der Waals surface area contributed by atoms with Crippen LogP contribution in [0.25, 0.3) is 0 Å². The number of hydrogen-bond acceptors (Lipinski definition) is 4. The van der Waals surface area contributed by atoms with E-state index in [1.807, 2.05) is 50.2 Å². The summed E-state index contributed by atoms with van der Waals surface area (Å²) in [5.41, 5.74) is 2.41. The average Bonchev–Trinajstić information content (AvgIpc) is 3.18. The third-order valence-corrected chi connectivity index (χ3v) is 4.47. The standard InChI is InChI=1S/C22H27N3O3/c1-16(2)28-20-8-4-3-7-19(20)24-22(27)15-21(26)23-17-9-11-18(12-10-17)25-13-5-6-14-25/h3-4,7-12,16H,5-6,13-15H2,1-2H3,(H,23,26)(H,24,27). The maximum Gasteiger partial charge on any atom is 0.233 e. The van der Waals surface area contributed by atoms with Crippen LogP contribution in [0.3, 0.4) is 0 Å². The van der Waals surface area contributed by atoms with Crippen LogP contribution in [0.15, 0.2) is 48.5 Å². The predicted molar refractivity (Wildman–Crippen MR) is 112 cm³/mol. The summed E-state index contributed by atoms with van der Waals surface area (Å²) in [6.45, 7) is 5.99. The van der Waals surface area contributed by atoms with Gasteiger partial charge in [0, 0.05) is 24.5 Å². The van der Waals surface area contributed by atoms with Crippen LogP contribution in [0, 0.1) is 0 Å². The maximum absolute atomic E-state index is 12.2. The number of benzene rings is 2. The van der Waals surface area contributed by atoms with Gasteiger partial charge in [0.15, 0.2) is 0 Å². The Hall–Kier alpha value is -3.02. The molecule has 2 aromatic carbocycles. The quantitative estimate of drug-likeness (QED) is 0.710. The highest BCUT2D eigenvalue weighted by Crippen LogP contribution is 2.25. The van der Waals surface area contributed by atoms with Crippen molar-refractivity contribution in [2.75, 3.05) is 28.6 Å². The lowest BCUT2D eigenvalue weighted by Gasteiger charge is -2.17. The van der Waals surface area contributed by atoms with Crippen LogP contribution in [0.5, 0.6) is 5.75 Å². The Morgan fingerprint density at radius 2 is 1.61 bits per heavy atom. The Labute approximate surface area is 165 Å². The number of para-hydroxylation sites is 2. The molecule has 1 aliphatic rings. The van der Waals surface area contributed by atoms with Crippen LogP contribution in [0.1, 0.15) is 33.1 Å². The van der Waals surface area contributed by atoms with E-state index in [4.69, 9.17) is 4.74 Å². The molecule has 0 aliphatic carbocycles. The first-order chi connectivity index (χ1) is 13.5. The van der Waals surface area contributed by atoms with Gasteiger partial charge in [-0.3, -0.25) is 9.59 Å². The van der Waals surface area contributed by atoms with Gasteiger partial charge in [-0.25, -0.2) is 0 Å². The molecule has 0 unspecified atom stereocenters. The third kappa shape index (κ3) is 5.49. The van der Waals surface area contributed by atoms with Crippen molar-refractivity contribution in [3.63, 3.8) is 0 Å². The smallest absolute Gasteiger partial charge is 0.233 e. The van der Waals surface area contributed by atoms with Crippen molar-refractivity contribution in [2.45, 2.75) is 39.2 Å². The molecule has 0 atom stereocenters. The molecule has 2 amide bonds. The van der Waals surface area contributed by atoms with E-state index in [0.717, 1.165) is 18.8 Å². The molecule has 0 aromatic heterocycles. The summed E-state index contributed by atoms with van der Waals surface area (Å²) in [6.07, 6.45) is 2.17. The fourth-order valence-corrected chi connectivity index (χ4v) is 3.20. The lowest BCUT2D eigenvalue weighted by atomic mass is 10.2. The summed E-state index contributed by atoms with van der Waals surface area (Å²) < 4.78 is 5.68.